The van der Waals surface area contributed by atoms with Crippen LogP contribution in [0.15, 0.2) is 34.7 Å². The summed E-state index contributed by atoms with van der Waals surface area (Å²) in [5.41, 5.74) is 0.807. The highest BCUT2D eigenvalue weighted by molar-refractivity contribution is 6.33. The Morgan fingerprint density at radius 3 is 2.56 bits per heavy atom. The van der Waals surface area contributed by atoms with E-state index in [0.717, 1.165) is 5.76 Å². The molecule has 3 rings (SSSR count). The number of furan rings is 1. The minimum atomic E-state index is -0.977. The highest BCUT2D eigenvalue weighted by Crippen LogP contribution is 2.30. The van der Waals surface area contributed by atoms with Crippen LogP contribution in [0.4, 0.5) is 0 Å². The summed E-state index contributed by atoms with van der Waals surface area (Å²) in [6.45, 7) is 0.681. The van der Waals surface area contributed by atoms with Gasteiger partial charge in [-0.05, 0) is 43.2 Å². The maximum Gasteiger partial charge on any atom is 0.335 e. The van der Waals surface area contributed by atoms with Crippen molar-refractivity contribution in [2.24, 2.45) is 0 Å². The van der Waals surface area contributed by atoms with Gasteiger partial charge in [-0.2, -0.15) is 0 Å². The molecule has 2 aromatic rings. The highest BCUT2D eigenvalue weighted by atomic mass is 35.5. The van der Waals surface area contributed by atoms with Gasteiger partial charge in [0, 0.05) is 11.6 Å². The lowest BCUT2D eigenvalue weighted by Gasteiger charge is -2.14. The van der Waals surface area contributed by atoms with Gasteiger partial charge in [-0.25, -0.2) is 4.79 Å². The summed E-state index contributed by atoms with van der Waals surface area (Å²) >= 11 is 6.19. The second kappa shape index (κ2) is 9.27. The maximum absolute atomic E-state index is 11.1. The van der Waals surface area contributed by atoms with Crippen molar-refractivity contribution in [3.63, 3.8) is 0 Å². The minimum absolute atomic E-state index is 0. The third-order valence-corrected chi connectivity index (χ3v) is 4.89. The first-order valence-electron chi connectivity index (χ1n) is 8.49. The third-order valence-electron chi connectivity index (χ3n) is 4.56. The van der Waals surface area contributed by atoms with Gasteiger partial charge in [-0.1, -0.05) is 37.3 Å². The molecule has 0 spiro atoms. The Hall–Kier alpha value is -1.49. The van der Waals surface area contributed by atoms with Gasteiger partial charge in [0.2, 0.25) is 0 Å². The SMILES string of the molecule is Cl.O=C(O)c1ccc(Cl)c(-c2ccc(CNC3CCCCCC3)o2)c1. The molecular formula is C19H23Cl2NO3. The summed E-state index contributed by atoms with van der Waals surface area (Å²) in [4.78, 5) is 11.1. The van der Waals surface area contributed by atoms with Gasteiger partial charge in [0.15, 0.2) is 0 Å². The molecule has 4 nitrogen and oxygen atoms in total. The Balaban J connectivity index is 0.00000225. The summed E-state index contributed by atoms with van der Waals surface area (Å²) in [7, 11) is 0. The Bertz CT molecular complexity index is 706. The summed E-state index contributed by atoms with van der Waals surface area (Å²) < 4.78 is 5.87. The molecule has 1 heterocycles. The van der Waals surface area contributed by atoms with E-state index in [9.17, 15) is 4.79 Å². The zero-order valence-electron chi connectivity index (χ0n) is 14.0. The first-order valence-corrected chi connectivity index (χ1v) is 8.86. The van der Waals surface area contributed by atoms with Gasteiger partial charge < -0.3 is 14.8 Å². The maximum atomic E-state index is 11.1. The zero-order chi connectivity index (χ0) is 16.9. The summed E-state index contributed by atoms with van der Waals surface area (Å²) in [5.74, 6) is 0.460. The topological polar surface area (TPSA) is 62.5 Å². The van der Waals surface area contributed by atoms with Gasteiger partial charge in [-0.15, -0.1) is 12.4 Å². The summed E-state index contributed by atoms with van der Waals surface area (Å²) in [5, 5.41) is 13.2. The molecule has 25 heavy (non-hydrogen) atoms. The second-order valence-corrected chi connectivity index (χ2v) is 6.74. The summed E-state index contributed by atoms with van der Waals surface area (Å²) in [6.07, 6.45) is 7.69. The van der Waals surface area contributed by atoms with Gasteiger partial charge in [0.1, 0.15) is 11.5 Å². The number of carboxylic acids is 1. The fourth-order valence-corrected chi connectivity index (χ4v) is 3.40. The predicted molar refractivity (Wildman–Crippen MR) is 102 cm³/mol. The van der Waals surface area contributed by atoms with Gasteiger partial charge in [0.25, 0.3) is 0 Å². The zero-order valence-corrected chi connectivity index (χ0v) is 15.5. The highest BCUT2D eigenvalue weighted by Gasteiger charge is 2.14. The molecule has 1 saturated carbocycles. The van der Waals surface area contributed by atoms with Crippen LogP contribution in [0.5, 0.6) is 0 Å². The van der Waals surface area contributed by atoms with Crippen molar-refractivity contribution < 1.29 is 14.3 Å². The number of halogens is 2. The molecule has 1 aromatic carbocycles. The van der Waals surface area contributed by atoms with Crippen LogP contribution in [-0.4, -0.2) is 17.1 Å². The van der Waals surface area contributed by atoms with E-state index in [1.54, 1.807) is 12.1 Å². The number of rotatable bonds is 5. The number of carbonyl (C=O) groups is 1. The first kappa shape index (κ1) is 19.8. The molecule has 0 unspecified atom stereocenters. The molecule has 2 N–H and O–H groups in total. The average Bonchev–Trinajstić information content (AvgIpc) is 2.88. The van der Waals surface area contributed by atoms with Crippen LogP contribution in [0.1, 0.15) is 54.6 Å². The smallest absolute Gasteiger partial charge is 0.335 e. The molecular weight excluding hydrogens is 361 g/mol. The molecule has 0 saturated heterocycles. The molecule has 1 fully saturated rings. The van der Waals surface area contributed by atoms with Gasteiger partial charge in [0.05, 0.1) is 17.1 Å². The van der Waals surface area contributed by atoms with E-state index in [0.29, 0.717) is 28.9 Å². The van der Waals surface area contributed by atoms with Crippen molar-refractivity contribution in [3.05, 3.63) is 46.7 Å². The molecule has 0 atom stereocenters. The predicted octanol–water partition coefficient (Wildman–Crippen LogP) is 5.53. The van der Waals surface area contributed by atoms with Crippen LogP contribution >= 0.6 is 24.0 Å². The molecule has 0 bridgehead atoms. The molecule has 0 radical (unpaired) electrons. The Morgan fingerprint density at radius 1 is 1.16 bits per heavy atom. The monoisotopic (exact) mass is 383 g/mol. The van der Waals surface area contributed by atoms with Gasteiger partial charge >= 0.3 is 5.97 Å². The van der Waals surface area contributed by atoms with Gasteiger partial charge in [-0.3, -0.25) is 0 Å². The van der Waals surface area contributed by atoms with E-state index < -0.39 is 5.97 Å². The van der Waals surface area contributed by atoms with E-state index >= 15 is 0 Å². The lowest BCUT2D eigenvalue weighted by Crippen LogP contribution is -2.27. The number of hydrogen-bond donors (Lipinski definition) is 2. The van der Waals surface area contributed by atoms with E-state index in [4.69, 9.17) is 21.1 Å². The number of hydrogen-bond acceptors (Lipinski definition) is 3. The molecule has 1 aliphatic rings. The molecule has 1 aliphatic carbocycles. The van der Waals surface area contributed by atoms with Crippen molar-refractivity contribution in [3.8, 4) is 11.3 Å². The standard InChI is InChI=1S/C19H22ClNO3.ClH/c20-17-9-7-13(19(22)23)11-16(17)18-10-8-15(24-18)12-21-14-5-3-1-2-4-6-14;/h7-11,14,21H,1-6,12H2,(H,22,23);1H. The Labute approximate surface area is 159 Å². The largest absolute Gasteiger partial charge is 0.478 e. The van der Waals surface area contributed by atoms with Crippen molar-refractivity contribution in [1.82, 2.24) is 5.32 Å². The van der Waals surface area contributed by atoms with Crippen molar-refractivity contribution >= 4 is 30.0 Å². The van der Waals surface area contributed by atoms with Crippen molar-refractivity contribution in [2.75, 3.05) is 0 Å². The minimum Gasteiger partial charge on any atom is -0.478 e. The quantitative estimate of drug-likeness (QED) is 0.665. The third kappa shape index (κ3) is 5.24. The van der Waals surface area contributed by atoms with Crippen LogP contribution in [0.2, 0.25) is 5.02 Å². The molecule has 1 aromatic heterocycles. The van der Waals surface area contributed by atoms with E-state index in [1.807, 2.05) is 12.1 Å². The lowest BCUT2D eigenvalue weighted by molar-refractivity contribution is 0.0697. The van der Waals surface area contributed by atoms with Crippen molar-refractivity contribution in [2.45, 2.75) is 51.1 Å². The normalized spacial score (nSPS) is 15.4. The number of carboxylic acid groups (broad SMARTS) is 1. The van der Waals surface area contributed by atoms with Crippen LogP contribution in [0.3, 0.4) is 0 Å². The van der Waals surface area contributed by atoms with Crippen LogP contribution in [0, 0.1) is 0 Å². The molecule has 6 heteroatoms. The Morgan fingerprint density at radius 2 is 1.88 bits per heavy atom. The van der Waals surface area contributed by atoms with E-state index in [2.05, 4.69) is 5.32 Å². The number of benzene rings is 1. The lowest BCUT2D eigenvalue weighted by atomic mass is 10.1. The van der Waals surface area contributed by atoms with Crippen LogP contribution in [0.25, 0.3) is 11.3 Å². The van der Waals surface area contributed by atoms with Crippen LogP contribution in [-0.2, 0) is 6.54 Å². The van der Waals surface area contributed by atoms with E-state index in [-0.39, 0.29) is 18.0 Å². The fourth-order valence-electron chi connectivity index (χ4n) is 3.19. The number of aromatic carboxylic acids is 1. The molecule has 0 aliphatic heterocycles. The fraction of sp³-hybridized carbons (Fsp3) is 0.421. The average molecular weight is 384 g/mol. The molecule has 0 amide bonds. The first-order chi connectivity index (χ1) is 11.6. The summed E-state index contributed by atoms with van der Waals surface area (Å²) in [6, 6.07) is 8.95. The van der Waals surface area contributed by atoms with Crippen LogP contribution < -0.4 is 5.32 Å². The second-order valence-electron chi connectivity index (χ2n) is 6.34. The van der Waals surface area contributed by atoms with Crippen molar-refractivity contribution in [1.29, 1.82) is 0 Å². The van der Waals surface area contributed by atoms with E-state index in [1.165, 1.54) is 44.6 Å². The molecule has 136 valence electrons. The Kier molecular flexibility index (Phi) is 7.36. The number of nitrogens with one attached hydrogen (secondary N) is 1.